The van der Waals surface area contributed by atoms with E-state index in [1.165, 1.54) is 23.9 Å². The molecule has 1 unspecified atom stereocenters. The summed E-state index contributed by atoms with van der Waals surface area (Å²) in [5.41, 5.74) is -0.265. The van der Waals surface area contributed by atoms with E-state index in [1.54, 1.807) is 6.07 Å². The van der Waals surface area contributed by atoms with Crippen LogP contribution in [0, 0.1) is 0 Å². The van der Waals surface area contributed by atoms with Crippen molar-refractivity contribution in [2.45, 2.75) is 30.5 Å². The molecule has 0 amide bonds. The molecule has 0 aliphatic rings. The number of aliphatic hydroxyl groups excluding tert-OH is 1. The first kappa shape index (κ1) is 14.4. The highest BCUT2D eigenvalue weighted by Gasteiger charge is 2.32. The molecule has 0 radical (unpaired) electrons. The predicted octanol–water partition coefficient (Wildman–Crippen LogP) is 3.71. The fraction of sp³-hybridized carbons (Fsp3) is 0.500. The van der Waals surface area contributed by atoms with Gasteiger partial charge in [-0.25, -0.2) is 0 Å². The first-order valence-electron chi connectivity index (χ1n) is 5.32. The van der Waals surface area contributed by atoms with Gasteiger partial charge in [0, 0.05) is 17.6 Å². The van der Waals surface area contributed by atoms with Gasteiger partial charge < -0.3 is 5.11 Å². The average molecular weight is 264 g/mol. The molecule has 0 aliphatic carbocycles. The Morgan fingerprint density at radius 1 is 1.29 bits per heavy atom. The first-order chi connectivity index (χ1) is 7.95. The summed E-state index contributed by atoms with van der Waals surface area (Å²) in [6.07, 6.45) is -3.70. The average Bonchev–Trinajstić information content (AvgIpc) is 2.26. The highest BCUT2D eigenvalue weighted by Crippen LogP contribution is 2.34. The van der Waals surface area contributed by atoms with Crippen molar-refractivity contribution in [1.82, 2.24) is 0 Å². The third-order valence-electron chi connectivity index (χ3n) is 2.38. The van der Waals surface area contributed by atoms with Crippen LogP contribution in [0.5, 0.6) is 0 Å². The molecular weight excluding hydrogens is 249 g/mol. The molecule has 1 N–H and O–H groups in total. The lowest BCUT2D eigenvalue weighted by Crippen LogP contribution is -2.09. The monoisotopic (exact) mass is 264 g/mol. The van der Waals surface area contributed by atoms with Crippen molar-refractivity contribution < 1.29 is 18.3 Å². The highest BCUT2D eigenvalue weighted by molar-refractivity contribution is 7.99. The Kier molecular flexibility index (Phi) is 5.33. The molecule has 1 rings (SSSR count). The van der Waals surface area contributed by atoms with Gasteiger partial charge in [0.25, 0.3) is 0 Å². The van der Waals surface area contributed by atoms with Crippen molar-refractivity contribution in [3.05, 3.63) is 35.4 Å². The topological polar surface area (TPSA) is 20.2 Å². The van der Waals surface area contributed by atoms with Gasteiger partial charge in [-0.05, 0) is 18.1 Å². The maximum atomic E-state index is 12.7. The number of rotatable bonds is 5. The quantitative estimate of drug-likeness (QED) is 0.875. The minimum atomic E-state index is -4.29. The van der Waals surface area contributed by atoms with Crippen LogP contribution in [0.15, 0.2) is 24.3 Å². The van der Waals surface area contributed by atoms with Crippen molar-refractivity contribution in [2.75, 3.05) is 6.61 Å². The Hall–Kier alpha value is -0.680. The van der Waals surface area contributed by atoms with Crippen molar-refractivity contribution in [3.8, 4) is 0 Å². The van der Waals surface area contributed by atoms with Crippen molar-refractivity contribution in [1.29, 1.82) is 0 Å². The van der Waals surface area contributed by atoms with E-state index >= 15 is 0 Å². The van der Waals surface area contributed by atoms with Gasteiger partial charge in [-0.1, -0.05) is 25.1 Å². The maximum absolute atomic E-state index is 12.7. The molecule has 1 aromatic carbocycles. The van der Waals surface area contributed by atoms with E-state index in [4.69, 9.17) is 5.11 Å². The fourth-order valence-corrected chi connectivity index (χ4v) is 2.41. The van der Waals surface area contributed by atoms with E-state index in [1.807, 2.05) is 6.92 Å². The van der Waals surface area contributed by atoms with Crippen LogP contribution < -0.4 is 0 Å². The molecule has 5 heteroatoms. The normalized spacial score (nSPS) is 13.7. The molecule has 96 valence electrons. The summed E-state index contributed by atoms with van der Waals surface area (Å²) in [5, 5.41) is 8.88. The van der Waals surface area contributed by atoms with E-state index in [0.29, 0.717) is 17.7 Å². The van der Waals surface area contributed by atoms with Gasteiger partial charge in [0.2, 0.25) is 0 Å². The van der Waals surface area contributed by atoms with Crippen molar-refractivity contribution in [3.63, 3.8) is 0 Å². The molecule has 0 saturated carbocycles. The van der Waals surface area contributed by atoms with Gasteiger partial charge in [0.15, 0.2) is 0 Å². The molecule has 1 aromatic rings. The molecule has 1 atom stereocenters. The minimum Gasteiger partial charge on any atom is -0.396 e. The standard InChI is InChI=1S/C12H15F3OS/c1-9(6-7-16)17-8-10-4-2-3-5-11(10)12(13,14)15/h2-5,9,16H,6-8H2,1H3. The molecule has 1 nitrogen and oxygen atoms in total. The lowest BCUT2D eigenvalue weighted by atomic mass is 10.1. The molecule has 0 heterocycles. The summed E-state index contributed by atoms with van der Waals surface area (Å²) in [6.45, 7) is 1.96. The summed E-state index contributed by atoms with van der Waals surface area (Å²) in [7, 11) is 0. The summed E-state index contributed by atoms with van der Waals surface area (Å²) in [5.74, 6) is 0.316. The van der Waals surface area contributed by atoms with Crippen LogP contribution in [-0.2, 0) is 11.9 Å². The zero-order valence-corrected chi connectivity index (χ0v) is 10.3. The Morgan fingerprint density at radius 3 is 2.53 bits per heavy atom. The van der Waals surface area contributed by atoms with Gasteiger partial charge in [-0.2, -0.15) is 24.9 Å². The third-order valence-corrected chi connectivity index (χ3v) is 3.66. The third kappa shape index (κ3) is 4.60. The number of hydrogen-bond acceptors (Lipinski definition) is 2. The van der Waals surface area contributed by atoms with Gasteiger partial charge >= 0.3 is 6.18 Å². The van der Waals surface area contributed by atoms with Gasteiger partial charge in [-0.3, -0.25) is 0 Å². The molecule has 0 fully saturated rings. The number of benzene rings is 1. The molecule has 0 aromatic heterocycles. The second-order valence-corrected chi connectivity index (χ2v) is 5.22. The lowest BCUT2D eigenvalue weighted by molar-refractivity contribution is -0.138. The molecular formula is C12H15F3OS. The predicted molar refractivity (Wildman–Crippen MR) is 63.9 cm³/mol. The largest absolute Gasteiger partial charge is 0.416 e. The van der Waals surface area contributed by atoms with Gasteiger partial charge in [0.05, 0.1) is 5.56 Å². The van der Waals surface area contributed by atoms with Crippen LogP contribution in [0.4, 0.5) is 13.2 Å². The SMILES string of the molecule is CC(CCO)SCc1ccccc1C(F)(F)F. The van der Waals surface area contributed by atoms with Crippen LogP contribution in [0.25, 0.3) is 0 Å². The van der Waals surface area contributed by atoms with Crippen molar-refractivity contribution in [2.24, 2.45) is 0 Å². The van der Waals surface area contributed by atoms with E-state index in [-0.39, 0.29) is 11.9 Å². The van der Waals surface area contributed by atoms with Crippen LogP contribution in [-0.4, -0.2) is 17.0 Å². The molecule has 0 saturated heterocycles. The zero-order valence-electron chi connectivity index (χ0n) is 9.50. The van der Waals surface area contributed by atoms with E-state index in [2.05, 4.69) is 0 Å². The number of thioether (sulfide) groups is 1. The van der Waals surface area contributed by atoms with Crippen LogP contribution in [0.3, 0.4) is 0 Å². The second kappa shape index (κ2) is 6.31. The first-order valence-corrected chi connectivity index (χ1v) is 6.37. The number of halogens is 3. The molecule has 0 aliphatic heterocycles. The van der Waals surface area contributed by atoms with Crippen molar-refractivity contribution >= 4 is 11.8 Å². The minimum absolute atomic E-state index is 0.0646. The Bertz CT molecular complexity index is 352. The molecule has 0 bridgehead atoms. The maximum Gasteiger partial charge on any atom is 0.416 e. The summed E-state index contributed by atoms with van der Waals surface area (Å²) < 4.78 is 38.0. The van der Waals surface area contributed by atoms with E-state index < -0.39 is 11.7 Å². The molecule has 17 heavy (non-hydrogen) atoms. The smallest absolute Gasteiger partial charge is 0.396 e. The fourth-order valence-electron chi connectivity index (χ4n) is 1.42. The summed E-state index contributed by atoms with van der Waals surface area (Å²) in [6, 6.07) is 5.62. The Labute approximate surface area is 103 Å². The van der Waals surface area contributed by atoms with Crippen LogP contribution >= 0.6 is 11.8 Å². The van der Waals surface area contributed by atoms with E-state index in [0.717, 1.165) is 6.07 Å². The summed E-state index contributed by atoms with van der Waals surface area (Å²) >= 11 is 1.42. The van der Waals surface area contributed by atoms with Gasteiger partial charge in [0.1, 0.15) is 0 Å². The van der Waals surface area contributed by atoms with E-state index in [9.17, 15) is 13.2 Å². The number of alkyl halides is 3. The summed E-state index contributed by atoms with van der Waals surface area (Å²) in [4.78, 5) is 0. The Balaban J connectivity index is 2.71. The van der Waals surface area contributed by atoms with Crippen LogP contribution in [0.1, 0.15) is 24.5 Å². The van der Waals surface area contributed by atoms with Crippen LogP contribution in [0.2, 0.25) is 0 Å². The zero-order chi connectivity index (χ0) is 12.9. The van der Waals surface area contributed by atoms with Gasteiger partial charge in [-0.15, -0.1) is 0 Å². The Morgan fingerprint density at radius 2 is 1.94 bits per heavy atom. The number of aliphatic hydroxyl groups is 1. The lowest BCUT2D eigenvalue weighted by Gasteiger charge is -2.14. The molecule has 0 spiro atoms. The highest BCUT2D eigenvalue weighted by atomic mass is 32.2. The number of hydrogen-bond donors (Lipinski definition) is 1. The second-order valence-electron chi connectivity index (χ2n) is 3.79.